The van der Waals surface area contributed by atoms with Crippen molar-refractivity contribution in [1.82, 2.24) is 4.31 Å². The molecular weight excluding hydrogens is 386 g/mol. The van der Waals surface area contributed by atoms with Crippen LogP contribution in [0.3, 0.4) is 0 Å². The molecule has 0 heterocycles. The minimum atomic E-state index is -3.49. The number of rotatable bonds is 7. The second-order valence-corrected chi connectivity index (χ2v) is 9.63. The smallest absolute Gasteiger partial charge is 0.336 e. The first kappa shape index (κ1) is 22.8. The van der Waals surface area contributed by atoms with Crippen molar-refractivity contribution in [2.24, 2.45) is 0 Å². The maximum absolute atomic E-state index is 12.5. The quantitative estimate of drug-likeness (QED) is 0.376. The Morgan fingerprint density at radius 1 is 0.966 bits per heavy atom. The summed E-state index contributed by atoms with van der Waals surface area (Å²) in [4.78, 5) is 12.3. The molecule has 6 heteroatoms. The van der Waals surface area contributed by atoms with Crippen molar-refractivity contribution in [2.45, 2.75) is 44.9 Å². The van der Waals surface area contributed by atoms with Gasteiger partial charge in [0.1, 0.15) is 5.75 Å². The van der Waals surface area contributed by atoms with E-state index < -0.39 is 16.0 Å². The van der Waals surface area contributed by atoms with Gasteiger partial charge in [-0.1, -0.05) is 58.9 Å². The van der Waals surface area contributed by atoms with Crippen LogP contribution in [0.15, 0.2) is 59.5 Å². The van der Waals surface area contributed by atoms with Gasteiger partial charge in [0.05, 0.1) is 4.90 Å². The van der Waals surface area contributed by atoms with Crippen molar-refractivity contribution in [3.05, 3.63) is 65.7 Å². The molecule has 0 radical (unpaired) electrons. The average Bonchev–Trinajstić information content (AvgIpc) is 2.67. The maximum Gasteiger partial charge on any atom is 0.336 e. The van der Waals surface area contributed by atoms with E-state index in [4.69, 9.17) is 4.74 Å². The fourth-order valence-electron chi connectivity index (χ4n) is 2.80. The van der Waals surface area contributed by atoms with E-state index in [2.05, 4.69) is 20.8 Å². The van der Waals surface area contributed by atoms with Crippen molar-refractivity contribution < 1.29 is 17.9 Å². The van der Waals surface area contributed by atoms with E-state index in [1.165, 1.54) is 10.4 Å². The molecule has 0 aliphatic carbocycles. The third-order valence-corrected chi connectivity index (χ3v) is 6.64. The van der Waals surface area contributed by atoms with Crippen molar-refractivity contribution >= 4 is 22.1 Å². The molecule has 0 saturated carbocycles. The van der Waals surface area contributed by atoms with Gasteiger partial charge >= 0.3 is 5.97 Å². The van der Waals surface area contributed by atoms with E-state index in [1.54, 1.807) is 56.3 Å². The van der Waals surface area contributed by atoms with Crippen LogP contribution in [0.25, 0.3) is 6.08 Å². The van der Waals surface area contributed by atoms with E-state index in [0.29, 0.717) is 24.4 Å². The molecule has 5 nitrogen and oxygen atoms in total. The molecule has 0 amide bonds. The molecule has 0 spiro atoms. The molecule has 29 heavy (non-hydrogen) atoms. The molecule has 2 aromatic carbocycles. The lowest BCUT2D eigenvalue weighted by atomic mass is 9.87. The van der Waals surface area contributed by atoms with Gasteiger partial charge in [-0.05, 0) is 46.9 Å². The van der Waals surface area contributed by atoms with E-state index in [1.807, 2.05) is 12.1 Å². The first-order valence-corrected chi connectivity index (χ1v) is 11.1. The standard InChI is InChI=1S/C23H29NO4S/c1-6-24(7-2)29(26,27)21-15-8-18(9-16-21)10-17-22(25)28-20-13-11-19(12-14-20)23(3,4)5/h8-17H,6-7H2,1-5H3/b17-10+. The number of ether oxygens (including phenoxy) is 1. The minimum absolute atomic E-state index is 0.0351. The fraction of sp³-hybridized carbons (Fsp3) is 0.348. The molecule has 2 aromatic rings. The zero-order valence-electron chi connectivity index (χ0n) is 17.7. The first-order valence-electron chi connectivity index (χ1n) is 9.68. The van der Waals surface area contributed by atoms with Gasteiger partial charge in [0.25, 0.3) is 0 Å². The van der Waals surface area contributed by atoms with Gasteiger partial charge in [-0.15, -0.1) is 0 Å². The predicted octanol–water partition coefficient (Wildman–Crippen LogP) is 4.63. The van der Waals surface area contributed by atoms with Gasteiger partial charge in [-0.25, -0.2) is 13.2 Å². The lowest BCUT2D eigenvalue weighted by molar-refractivity contribution is -0.128. The number of benzene rings is 2. The number of nitrogens with zero attached hydrogens (tertiary/aromatic N) is 1. The summed E-state index contributed by atoms with van der Waals surface area (Å²) < 4.78 is 31.7. The molecule has 156 valence electrons. The molecule has 2 rings (SSSR count). The lowest BCUT2D eigenvalue weighted by Gasteiger charge is -2.18. The Labute approximate surface area is 174 Å². The van der Waals surface area contributed by atoms with Crippen LogP contribution in [0.2, 0.25) is 0 Å². The summed E-state index contributed by atoms with van der Waals surface area (Å²) in [5.41, 5.74) is 1.91. The number of esters is 1. The van der Waals surface area contributed by atoms with Gasteiger partial charge in [0, 0.05) is 19.2 Å². The zero-order chi connectivity index (χ0) is 21.7. The Balaban J connectivity index is 2.03. The first-order chi connectivity index (χ1) is 13.6. The molecule has 0 aromatic heterocycles. The molecule has 0 aliphatic rings. The Kier molecular flexibility index (Phi) is 7.38. The SMILES string of the molecule is CCN(CC)S(=O)(=O)c1ccc(/C=C/C(=O)Oc2ccc(C(C)(C)C)cc2)cc1. The number of hydrogen-bond acceptors (Lipinski definition) is 4. The summed E-state index contributed by atoms with van der Waals surface area (Å²) in [6.07, 6.45) is 2.92. The lowest BCUT2D eigenvalue weighted by Crippen LogP contribution is -2.30. The molecule has 0 fully saturated rings. The molecule has 0 unspecified atom stereocenters. The third kappa shape index (κ3) is 6.02. The monoisotopic (exact) mass is 415 g/mol. The van der Waals surface area contributed by atoms with Crippen LogP contribution in [-0.2, 0) is 20.2 Å². The normalized spacial score (nSPS) is 12.5. The molecule has 0 N–H and O–H groups in total. The highest BCUT2D eigenvalue weighted by atomic mass is 32.2. The highest BCUT2D eigenvalue weighted by Crippen LogP contribution is 2.24. The Hall–Kier alpha value is -2.44. The van der Waals surface area contributed by atoms with Gasteiger partial charge in [-0.2, -0.15) is 4.31 Å². The van der Waals surface area contributed by atoms with Crippen molar-refractivity contribution in [1.29, 1.82) is 0 Å². The minimum Gasteiger partial charge on any atom is -0.423 e. The van der Waals surface area contributed by atoms with Crippen LogP contribution in [0.5, 0.6) is 5.75 Å². The fourth-order valence-corrected chi connectivity index (χ4v) is 4.26. The summed E-state index contributed by atoms with van der Waals surface area (Å²) in [6, 6.07) is 13.9. The second-order valence-electron chi connectivity index (χ2n) is 7.69. The number of carbonyl (C=O) groups excluding carboxylic acids is 1. The van der Waals surface area contributed by atoms with Crippen molar-refractivity contribution in [3.63, 3.8) is 0 Å². The summed E-state index contributed by atoms with van der Waals surface area (Å²) in [5, 5.41) is 0. The predicted molar refractivity (Wildman–Crippen MR) is 116 cm³/mol. The van der Waals surface area contributed by atoms with Crippen LogP contribution in [-0.4, -0.2) is 31.8 Å². The molecule has 0 aliphatic heterocycles. The van der Waals surface area contributed by atoms with E-state index in [9.17, 15) is 13.2 Å². The van der Waals surface area contributed by atoms with Gasteiger partial charge in [-0.3, -0.25) is 0 Å². The number of sulfonamides is 1. The number of carbonyl (C=O) groups is 1. The van der Waals surface area contributed by atoms with Crippen LogP contribution in [0.4, 0.5) is 0 Å². The van der Waals surface area contributed by atoms with Crippen LogP contribution in [0, 0.1) is 0 Å². The second kappa shape index (κ2) is 9.37. The molecular formula is C23H29NO4S. The molecule has 0 atom stereocenters. The van der Waals surface area contributed by atoms with E-state index in [-0.39, 0.29) is 10.3 Å². The number of hydrogen-bond donors (Lipinski definition) is 0. The highest BCUT2D eigenvalue weighted by Gasteiger charge is 2.21. The summed E-state index contributed by atoms with van der Waals surface area (Å²) >= 11 is 0. The average molecular weight is 416 g/mol. The van der Waals surface area contributed by atoms with E-state index in [0.717, 1.165) is 5.56 Å². The van der Waals surface area contributed by atoms with Gasteiger partial charge < -0.3 is 4.74 Å². The Morgan fingerprint density at radius 3 is 2.00 bits per heavy atom. The van der Waals surface area contributed by atoms with Crippen LogP contribution in [0.1, 0.15) is 45.7 Å². The van der Waals surface area contributed by atoms with Crippen molar-refractivity contribution in [3.8, 4) is 5.75 Å². The molecule has 0 bridgehead atoms. The zero-order valence-corrected chi connectivity index (χ0v) is 18.5. The molecule has 0 saturated heterocycles. The van der Waals surface area contributed by atoms with Gasteiger partial charge in [0.15, 0.2) is 0 Å². The topological polar surface area (TPSA) is 63.7 Å². The highest BCUT2D eigenvalue weighted by molar-refractivity contribution is 7.89. The maximum atomic E-state index is 12.5. The Bertz CT molecular complexity index is 949. The van der Waals surface area contributed by atoms with Crippen LogP contribution < -0.4 is 4.74 Å². The Morgan fingerprint density at radius 2 is 1.52 bits per heavy atom. The summed E-state index contributed by atoms with van der Waals surface area (Å²) in [5.74, 6) is -0.0124. The summed E-state index contributed by atoms with van der Waals surface area (Å²) in [6.45, 7) is 10.8. The van der Waals surface area contributed by atoms with Crippen LogP contribution >= 0.6 is 0 Å². The third-order valence-electron chi connectivity index (χ3n) is 4.57. The largest absolute Gasteiger partial charge is 0.423 e. The van der Waals surface area contributed by atoms with Gasteiger partial charge in [0.2, 0.25) is 10.0 Å². The van der Waals surface area contributed by atoms with E-state index >= 15 is 0 Å². The van der Waals surface area contributed by atoms with Crippen molar-refractivity contribution in [2.75, 3.05) is 13.1 Å². The summed E-state index contributed by atoms with van der Waals surface area (Å²) in [7, 11) is -3.49.